The van der Waals surface area contributed by atoms with Gasteiger partial charge in [0.2, 0.25) is 0 Å². The van der Waals surface area contributed by atoms with Crippen molar-refractivity contribution in [3.63, 3.8) is 0 Å². The summed E-state index contributed by atoms with van der Waals surface area (Å²) in [6, 6.07) is -0.718. The number of piperidine rings is 1. The summed E-state index contributed by atoms with van der Waals surface area (Å²) in [6.45, 7) is 6.82. The number of likely N-dealkylation sites (N-methyl/N-ethyl adjacent to an activating group) is 1. The highest BCUT2D eigenvalue weighted by atomic mass is 16.6. The zero-order chi connectivity index (χ0) is 18.1. The lowest BCUT2D eigenvalue weighted by Crippen LogP contribution is -2.59. The first kappa shape index (κ1) is 18.4. The van der Waals surface area contributed by atoms with Crippen LogP contribution in [0.4, 0.5) is 9.59 Å². The van der Waals surface area contributed by atoms with E-state index in [2.05, 4.69) is 5.32 Å². The van der Waals surface area contributed by atoms with E-state index in [1.807, 2.05) is 25.7 Å². The molecule has 1 N–H and O–H groups in total. The Kier molecular flexibility index (Phi) is 5.27. The number of amides is 4. The van der Waals surface area contributed by atoms with Gasteiger partial charge >= 0.3 is 18.0 Å². The molecule has 0 bridgehead atoms. The smallest absolute Gasteiger partial charge is 0.444 e. The molecule has 1 atom stereocenters. The van der Waals surface area contributed by atoms with Gasteiger partial charge in [-0.1, -0.05) is 0 Å². The van der Waals surface area contributed by atoms with Crippen molar-refractivity contribution in [3.05, 3.63) is 0 Å². The van der Waals surface area contributed by atoms with Gasteiger partial charge in [-0.15, -0.1) is 0 Å². The van der Waals surface area contributed by atoms with Gasteiger partial charge in [-0.2, -0.15) is 9.69 Å². The van der Waals surface area contributed by atoms with E-state index in [1.165, 1.54) is 11.6 Å². The van der Waals surface area contributed by atoms with Gasteiger partial charge in [0.15, 0.2) is 6.04 Å². The fourth-order valence-electron chi connectivity index (χ4n) is 2.92. The minimum atomic E-state index is -0.518. The third kappa shape index (κ3) is 4.31. The number of imide groups is 1. The van der Waals surface area contributed by atoms with Gasteiger partial charge in [0.05, 0.1) is 14.1 Å². The summed E-state index contributed by atoms with van der Waals surface area (Å²) in [7, 11) is 3.15. The molecule has 2 rings (SSSR count). The molecule has 2 aliphatic rings. The topological polar surface area (TPSA) is 82.0 Å². The third-order valence-corrected chi connectivity index (χ3v) is 4.18. The van der Waals surface area contributed by atoms with E-state index < -0.39 is 17.7 Å². The number of hydrogen-bond acceptors (Lipinski definition) is 5. The predicted octanol–water partition coefficient (Wildman–Crippen LogP) is 0.649. The van der Waals surface area contributed by atoms with Crippen molar-refractivity contribution in [1.29, 1.82) is 0 Å². The van der Waals surface area contributed by atoms with E-state index in [1.54, 1.807) is 13.3 Å². The quantitative estimate of drug-likeness (QED) is 0.747. The molecule has 24 heavy (non-hydrogen) atoms. The van der Waals surface area contributed by atoms with Crippen LogP contribution in [0.1, 0.15) is 33.6 Å². The summed E-state index contributed by atoms with van der Waals surface area (Å²) in [5, 5.41) is 2.88. The SMILES string of the molecule is CN1C(=O)C(N2CCC(NC(=O)OC(C)(C)C)CC2)C=[N+](C)C1=O. The molecule has 4 amide bonds. The molecule has 1 fully saturated rings. The predicted molar refractivity (Wildman–Crippen MR) is 88.2 cm³/mol. The normalized spacial score (nSPS) is 24.0. The van der Waals surface area contributed by atoms with E-state index >= 15 is 0 Å². The molecule has 0 aliphatic carbocycles. The van der Waals surface area contributed by atoms with Crippen molar-refractivity contribution in [2.24, 2.45) is 0 Å². The van der Waals surface area contributed by atoms with E-state index in [-0.39, 0.29) is 18.0 Å². The number of rotatable bonds is 2. The second kappa shape index (κ2) is 6.88. The number of likely N-dealkylation sites (tertiary alicyclic amines) is 1. The van der Waals surface area contributed by atoms with E-state index in [4.69, 9.17) is 4.74 Å². The number of urea groups is 1. The molecular formula is C16H27N4O4+. The van der Waals surface area contributed by atoms with Crippen molar-refractivity contribution in [1.82, 2.24) is 15.1 Å². The number of carbonyl (C=O) groups excluding carboxylic acids is 3. The van der Waals surface area contributed by atoms with Crippen LogP contribution in [0.3, 0.4) is 0 Å². The zero-order valence-electron chi connectivity index (χ0n) is 15.0. The summed E-state index contributed by atoms with van der Waals surface area (Å²) in [6.07, 6.45) is 2.72. The van der Waals surface area contributed by atoms with Gasteiger partial charge in [-0.25, -0.2) is 14.2 Å². The van der Waals surface area contributed by atoms with Crippen molar-refractivity contribution in [2.75, 3.05) is 27.2 Å². The number of nitrogens with zero attached hydrogens (tertiary/aromatic N) is 3. The van der Waals surface area contributed by atoms with Crippen molar-refractivity contribution in [2.45, 2.75) is 51.3 Å². The maximum Gasteiger partial charge on any atom is 0.500 e. The number of nitrogens with one attached hydrogen (secondary N) is 1. The Labute approximate surface area is 142 Å². The van der Waals surface area contributed by atoms with Crippen LogP contribution < -0.4 is 5.32 Å². The molecule has 1 saturated heterocycles. The van der Waals surface area contributed by atoms with Crippen molar-refractivity contribution < 1.29 is 23.7 Å². The molecule has 0 spiro atoms. The summed E-state index contributed by atoms with van der Waals surface area (Å²) < 4.78 is 6.71. The highest BCUT2D eigenvalue weighted by molar-refractivity contribution is 6.06. The molecule has 2 aliphatic heterocycles. The Balaban J connectivity index is 1.90. The summed E-state index contributed by atoms with van der Waals surface area (Å²) in [5.41, 5.74) is -0.518. The van der Waals surface area contributed by atoms with E-state index in [9.17, 15) is 14.4 Å². The second-order valence-electron chi connectivity index (χ2n) is 7.34. The van der Waals surface area contributed by atoms with Crippen LogP contribution in [0.5, 0.6) is 0 Å². The lowest BCUT2D eigenvalue weighted by Gasteiger charge is -2.36. The van der Waals surface area contributed by atoms with E-state index in [0.29, 0.717) is 13.1 Å². The number of carbonyl (C=O) groups is 3. The first-order chi connectivity index (χ1) is 11.1. The Morgan fingerprint density at radius 3 is 2.42 bits per heavy atom. The van der Waals surface area contributed by atoms with Crippen LogP contribution in [0.2, 0.25) is 0 Å². The molecule has 2 heterocycles. The molecule has 8 nitrogen and oxygen atoms in total. The number of hydrogen-bond donors (Lipinski definition) is 1. The minimum absolute atomic E-state index is 0.0342. The van der Waals surface area contributed by atoms with Crippen LogP contribution in [0.25, 0.3) is 0 Å². The maximum absolute atomic E-state index is 12.3. The second-order valence-corrected chi connectivity index (χ2v) is 7.34. The van der Waals surface area contributed by atoms with Gasteiger partial charge in [0.25, 0.3) is 0 Å². The summed E-state index contributed by atoms with van der Waals surface area (Å²) in [5.74, 6) is -0.211. The van der Waals surface area contributed by atoms with Gasteiger partial charge in [-0.05, 0) is 33.6 Å². The Morgan fingerprint density at radius 1 is 1.29 bits per heavy atom. The van der Waals surface area contributed by atoms with Crippen molar-refractivity contribution >= 4 is 24.2 Å². The maximum atomic E-state index is 12.3. The third-order valence-electron chi connectivity index (χ3n) is 4.18. The van der Waals surface area contributed by atoms with Gasteiger partial charge < -0.3 is 10.1 Å². The Bertz CT molecular complexity index is 559. The summed E-state index contributed by atoms with van der Waals surface area (Å²) >= 11 is 0. The van der Waals surface area contributed by atoms with E-state index in [0.717, 1.165) is 17.7 Å². The van der Waals surface area contributed by atoms with Crippen LogP contribution in [-0.4, -0.2) is 83.5 Å². The molecule has 0 radical (unpaired) electrons. The molecule has 0 saturated carbocycles. The molecule has 0 aromatic heterocycles. The van der Waals surface area contributed by atoms with Gasteiger partial charge in [0.1, 0.15) is 11.8 Å². The zero-order valence-corrected chi connectivity index (χ0v) is 15.0. The molecule has 134 valence electrons. The highest BCUT2D eigenvalue weighted by Crippen LogP contribution is 2.16. The fourth-order valence-corrected chi connectivity index (χ4v) is 2.92. The lowest BCUT2D eigenvalue weighted by atomic mass is 10.0. The average molecular weight is 339 g/mol. The monoisotopic (exact) mass is 339 g/mol. The molecular weight excluding hydrogens is 312 g/mol. The molecule has 0 aromatic carbocycles. The largest absolute Gasteiger partial charge is 0.500 e. The number of ether oxygens (including phenoxy) is 1. The summed E-state index contributed by atoms with van der Waals surface area (Å²) in [4.78, 5) is 39.1. The average Bonchev–Trinajstić information content (AvgIpc) is 2.48. The molecule has 0 aromatic rings. The van der Waals surface area contributed by atoms with Crippen LogP contribution in [-0.2, 0) is 9.53 Å². The standard InChI is InChI=1S/C16H26N4O4/c1-16(2,3)24-14(22)17-11-6-8-20(9-7-11)12-10-18(4)15(23)19(5)13(12)21/h10-12H,6-9H2,1-5H3/p+1. The van der Waals surface area contributed by atoms with Crippen molar-refractivity contribution in [3.8, 4) is 0 Å². The highest BCUT2D eigenvalue weighted by Gasteiger charge is 2.42. The molecule has 8 heteroatoms. The van der Waals surface area contributed by atoms with Crippen LogP contribution in [0, 0.1) is 0 Å². The van der Waals surface area contributed by atoms with Gasteiger partial charge in [-0.3, -0.25) is 4.90 Å². The first-order valence-corrected chi connectivity index (χ1v) is 8.21. The van der Waals surface area contributed by atoms with Crippen LogP contribution in [0.15, 0.2) is 0 Å². The fraction of sp³-hybridized carbons (Fsp3) is 0.750. The first-order valence-electron chi connectivity index (χ1n) is 8.21. The Hall–Kier alpha value is -1.96. The Morgan fingerprint density at radius 2 is 1.88 bits per heavy atom. The lowest BCUT2D eigenvalue weighted by molar-refractivity contribution is -0.401. The minimum Gasteiger partial charge on any atom is -0.444 e. The number of alkyl carbamates (subject to hydrolysis) is 1. The van der Waals surface area contributed by atoms with Crippen LogP contribution >= 0.6 is 0 Å². The van der Waals surface area contributed by atoms with Gasteiger partial charge in [0, 0.05) is 19.1 Å². The molecule has 1 unspecified atom stereocenters.